The van der Waals surface area contributed by atoms with Crippen molar-refractivity contribution in [2.75, 3.05) is 11.9 Å². The molecular weight excluding hydrogens is 378 g/mol. The first-order valence-electron chi connectivity index (χ1n) is 5.86. The minimum atomic E-state index is -0.998. The van der Waals surface area contributed by atoms with Gasteiger partial charge in [-0.15, -0.1) is 0 Å². The summed E-state index contributed by atoms with van der Waals surface area (Å²) in [7, 11) is 0. The first kappa shape index (κ1) is 14.5. The largest absolute Gasteiger partial charge is 0.479 e. The Bertz CT molecular complexity index is 506. The highest BCUT2D eigenvalue weighted by molar-refractivity contribution is 9.10. The lowest BCUT2D eigenvalue weighted by Gasteiger charge is -2.25. The van der Waals surface area contributed by atoms with Crippen LogP contribution in [0.5, 0.6) is 0 Å². The van der Waals surface area contributed by atoms with E-state index >= 15 is 0 Å². The maximum Gasteiger partial charge on any atom is 0.331 e. The van der Waals surface area contributed by atoms with Crippen LogP contribution in [0.15, 0.2) is 28.7 Å². The molecule has 0 bridgehead atoms. The van der Waals surface area contributed by atoms with Crippen molar-refractivity contribution in [2.24, 2.45) is 5.92 Å². The molecule has 4 nitrogen and oxygen atoms in total. The summed E-state index contributed by atoms with van der Waals surface area (Å²) in [5.74, 6) is -0.917. The maximum atomic E-state index is 12.0. The van der Waals surface area contributed by atoms with Crippen LogP contribution in [0, 0.1) is 5.92 Å². The van der Waals surface area contributed by atoms with E-state index in [1.807, 2.05) is 6.07 Å². The van der Waals surface area contributed by atoms with Crippen molar-refractivity contribution in [3.8, 4) is 0 Å². The number of nitrogens with zero attached hydrogens (tertiary/aromatic N) is 1. The normalized spacial score (nSPS) is 20.6. The molecule has 0 aliphatic carbocycles. The van der Waals surface area contributed by atoms with Gasteiger partial charge in [-0.2, -0.15) is 0 Å². The maximum absolute atomic E-state index is 12.0. The summed E-state index contributed by atoms with van der Waals surface area (Å²) in [6, 6.07) is 6.17. The van der Waals surface area contributed by atoms with Gasteiger partial charge < -0.3 is 10.0 Å². The van der Waals surface area contributed by atoms with Crippen molar-refractivity contribution in [3.05, 3.63) is 34.3 Å². The molecule has 6 heteroatoms. The number of carboxylic acid groups (broad SMARTS) is 1. The smallest absolute Gasteiger partial charge is 0.331 e. The van der Waals surface area contributed by atoms with Gasteiger partial charge in [0, 0.05) is 22.8 Å². The monoisotopic (exact) mass is 389 g/mol. The summed E-state index contributed by atoms with van der Waals surface area (Å²) in [5, 5.41) is 10.1. The second-order valence-corrected chi connectivity index (χ2v) is 6.13. The van der Waals surface area contributed by atoms with E-state index in [2.05, 4.69) is 31.9 Å². The Kier molecular flexibility index (Phi) is 4.62. The Hall–Kier alpha value is -0.880. The number of likely N-dealkylation sites (tertiary alicyclic amines) is 1. The first-order chi connectivity index (χ1) is 9.02. The van der Waals surface area contributed by atoms with E-state index in [9.17, 15) is 14.7 Å². The van der Waals surface area contributed by atoms with E-state index in [4.69, 9.17) is 0 Å². The highest BCUT2D eigenvalue weighted by Crippen LogP contribution is 2.30. The molecule has 0 spiro atoms. The van der Waals surface area contributed by atoms with Crippen LogP contribution >= 0.6 is 31.9 Å². The summed E-state index contributed by atoms with van der Waals surface area (Å²) in [6.07, 6.45) is 0.406. The van der Waals surface area contributed by atoms with Gasteiger partial charge in [-0.3, -0.25) is 4.79 Å². The van der Waals surface area contributed by atoms with Crippen molar-refractivity contribution in [3.63, 3.8) is 0 Å². The molecule has 0 radical (unpaired) electrons. The molecule has 0 saturated carbocycles. The highest BCUT2D eigenvalue weighted by Gasteiger charge is 2.38. The van der Waals surface area contributed by atoms with E-state index in [1.165, 1.54) is 4.90 Å². The number of rotatable bonds is 4. The Morgan fingerprint density at radius 1 is 1.53 bits per heavy atom. The summed E-state index contributed by atoms with van der Waals surface area (Å²) in [5.41, 5.74) is 0.616. The number of carboxylic acids is 1. The second kappa shape index (κ2) is 6.05. The zero-order valence-electron chi connectivity index (χ0n) is 10.1. The number of halogens is 2. The van der Waals surface area contributed by atoms with Gasteiger partial charge in [-0.25, -0.2) is 4.79 Å². The highest BCUT2D eigenvalue weighted by atomic mass is 79.9. The average Bonchev–Trinajstić information content (AvgIpc) is 2.71. The van der Waals surface area contributed by atoms with E-state index in [0.717, 1.165) is 4.47 Å². The molecule has 19 heavy (non-hydrogen) atoms. The van der Waals surface area contributed by atoms with E-state index in [1.54, 1.807) is 18.2 Å². The van der Waals surface area contributed by atoms with Crippen LogP contribution in [0.2, 0.25) is 0 Å². The molecule has 0 aromatic heterocycles. The van der Waals surface area contributed by atoms with E-state index < -0.39 is 12.0 Å². The zero-order chi connectivity index (χ0) is 14.0. The number of carbonyl (C=O) groups excluding carboxylic acids is 1. The van der Waals surface area contributed by atoms with Gasteiger partial charge in [0.25, 0.3) is 0 Å². The Labute approximate surface area is 128 Å². The van der Waals surface area contributed by atoms with Gasteiger partial charge in [0.2, 0.25) is 5.91 Å². The lowest BCUT2D eigenvalue weighted by Crippen LogP contribution is -2.35. The number of aliphatic carboxylic acids is 1. The molecule has 1 aromatic rings. The van der Waals surface area contributed by atoms with Crippen molar-refractivity contribution in [1.82, 2.24) is 4.90 Å². The van der Waals surface area contributed by atoms with Crippen LogP contribution in [0.1, 0.15) is 18.0 Å². The summed E-state index contributed by atoms with van der Waals surface area (Å²) in [4.78, 5) is 25.0. The molecule has 1 aromatic carbocycles. The molecule has 1 N–H and O–H groups in total. The van der Waals surface area contributed by atoms with Crippen molar-refractivity contribution < 1.29 is 14.7 Å². The van der Waals surface area contributed by atoms with Crippen LogP contribution in [0.3, 0.4) is 0 Å². The minimum Gasteiger partial charge on any atom is -0.479 e. The standard InChI is InChI=1S/C13H13Br2NO3/c14-6-8-4-11(17)16(7-8)12(13(18)19)9-2-1-3-10(15)5-9/h1-3,5,8,12H,4,6-7H2,(H,18,19). The van der Waals surface area contributed by atoms with Crippen LogP contribution in [-0.4, -0.2) is 33.8 Å². The number of alkyl halides is 1. The first-order valence-corrected chi connectivity index (χ1v) is 7.78. The third kappa shape index (κ3) is 3.17. The van der Waals surface area contributed by atoms with Crippen LogP contribution in [-0.2, 0) is 9.59 Å². The third-order valence-electron chi connectivity index (χ3n) is 3.17. The fourth-order valence-electron chi connectivity index (χ4n) is 2.29. The van der Waals surface area contributed by atoms with Crippen LogP contribution < -0.4 is 0 Å². The van der Waals surface area contributed by atoms with Crippen molar-refractivity contribution in [1.29, 1.82) is 0 Å². The summed E-state index contributed by atoms with van der Waals surface area (Å²) >= 11 is 6.68. The molecule has 2 rings (SSSR count). The minimum absolute atomic E-state index is 0.100. The van der Waals surface area contributed by atoms with Gasteiger partial charge in [-0.1, -0.05) is 44.0 Å². The molecule has 1 fully saturated rings. The predicted octanol–water partition coefficient (Wildman–Crippen LogP) is 2.82. The molecule has 2 atom stereocenters. The third-order valence-corrected chi connectivity index (χ3v) is 4.58. The Morgan fingerprint density at radius 3 is 2.79 bits per heavy atom. The number of amides is 1. The van der Waals surface area contributed by atoms with Gasteiger partial charge in [0.15, 0.2) is 6.04 Å². The van der Waals surface area contributed by atoms with Gasteiger partial charge in [0.1, 0.15) is 0 Å². The van der Waals surface area contributed by atoms with Crippen LogP contribution in [0.25, 0.3) is 0 Å². The fraction of sp³-hybridized carbons (Fsp3) is 0.385. The summed E-state index contributed by atoms with van der Waals surface area (Å²) in [6.45, 7) is 0.480. The van der Waals surface area contributed by atoms with E-state index in [-0.39, 0.29) is 11.8 Å². The lowest BCUT2D eigenvalue weighted by molar-refractivity contribution is -0.148. The average molecular weight is 391 g/mol. The molecule has 2 unspecified atom stereocenters. The molecule has 1 amide bonds. The van der Waals surface area contributed by atoms with Gasteiger partial charge in [-0.05, 0) is 23.6 Å². The van der Waals surface area contributed by atoms with Crippen molar-refractivity contribution in [2.45, 2.75) is 12.5 Å². The number of hydrogen-bond acceptors (Lipinski definition) is 2. The second-order valence-electron chi connectivity index (χ2n) is 4.57. The zero-order valence-corrected chi connectivity index (χ0v) is 13.2. The number of benzene rings is 1. The quantitative estimate of drug-likeness (QED) is 0.804. The lowest BCUT2D eigenvalue weighted by atomic mass is 10.1. The number of hydrogen-bond donors (Lipinski definition) is 1. The molecule has 102 valence electrons. The SMILES string of the molecule is O=C(O)C(c1cccc(Br)c1)N1CC(CBr)CC1=O. The fourth-order valence-corrected chi connectivity index (χ4v) is 3.14. The predicted molar refractivity (Wildman–Crippen MR) is 78.1 cm³/mol. The van der Waals surface area contributed by atoms with Gasteiger partial charge >= 0.3 is 5.97 Å². The van der Waals surface area contributed by atoms with Gasteiger partial charge in [0.05, 0.1) is 0 Å². The topological polar surface area (TPSA) is 57.6 Å². The number of carbonyl (C=O) groups is 2. The van der Waals surface area contributed by atoms with Crippen LogP contribution in [0.4, 0.5) is 0 Å². The Balaban J connectivity index is 2.31. The molecule has 1 saturated heterocycles. The molecular formula is C13H13Br2NO3. The Morgan fingerprint density at radius 2 is 2.26 bits per heavy atom. The summed E-state index contributed by atoms with van der Waals surface area (Å²) < 4.78 is 0.805. The molecule has 1 heterocycles. The van der Waals surface area contributed by atoms with Crippen molar-refractivity contribution >= 4 is 43.7 Å². The van der Waals surface area contributed by atoms with E-state index in [0.29, 0.717) is 23.9 Å². The molecule has 1 aliphatic rings. The molecule has 1 aliphatic heterocycles.